The highest BCUT2D eigenvalue weighted by molar-refractivity contribution is 5.88. The maximum Gasteiger partial charge on any atom is 0.414 e. The van der Waals surface area contributed by atoms with E-state index in [4.69, 9.17) is 13.9 Å². The lowest BCUT2D eigenvalue weighted by molar-refractivity contribution is 0.0487. The lowest BCUT2D eigenvalue weighted by Crippen LogP contribution is -2.27. The van der Waals surface area contributed by atoms with Crippen molar-refractivity contribution in [1.82, 2.24) is 0 Å². The van der Waals surface area contributed by atoms with Gasteiger partial charge in [0.15, 0.2) is 0 Å². The average Bonchev–Trinajstić information content (AvgIpc) is 2.63. The molecule has 0 saturated carbocycles. The number of amides is 1. The molecule has 0 spiro atoms. The van der Waals surface area contributed by atoms with E-state index < -0.39 is 17.7 Å². The number of ether oxygens (including phenoxy) is 2. The molecule has 0 atom stereocenters. The molecule has 0 aromatic carbocycles. The van der Waals surface area contributed by atoms with Crippen LogP contribution in [0.15, 0.2) is 16.5 Å². The number of carbonyl (C=O) groups is 2. The fourth-order valence-electron chi connectivity index (χ4n) is 1.12. The lowest BCUT2D eigenvalue weighted by atomic mass is 10.2. The molecule has 18 heavy (non-hydrogen) atoms. The second kappa shape index (κ2) is 5.57. The molecule has 1 heterocycles. The number of anilines is 1. The Balaban J connectivity index is 2.59. The van der Waals surface area contributed by atoms with E-state index in [0.29, 0.717) is 0 Å². The Morgan fingerprint density at radius 2 is 2.00 bits per heavy atom. The van der Waals surface area contributed by atoms with Gasteiger partial charge in [0.1, 0.15) is 5.60 Å². The van der Waals surface area contributed by atoms with Gasteiger partial charge in [0.25, 0.3) is 0 Å². The van der Waals surface area contributed by atoms with Gasteiger partial charge in [-0.1, -0.05) is 0 Å². The van der Waals surface area contributed by atoms with Crippen molar-refractivity contribution in [2.24, 2.45) is 0 Å². The van der Waals surface area contributed by atoms with E-state index in [1.54, 1.807) is 27.7 Å². The summed E-state index contributed by atoms with van der Waals surface area (Å²) in [5.74, 6) is -0.412. The van der Waals surface area contributed by atoms with E-state index in [-0.39, 0.29) is 18.3 Å². The molecule has 100 valence electrons. The number of hydrogen-bond acceptors (Lipinski definition) is 5. The van der Waals surface area contributed by atoms with Crippen molar-refractivity contribution in [2.45, 2.75) is 33.3 Å². The molecular formula is C12H17NO5. The second-order valence-electron chi connectivity index (χ2n) is 4.51. The summed E-state index contributed by atoms with van der Waals surface area (Å²) in [6, 6.07) is 2.88. The summed E-state index contributed by atoms with van der Waals surface area (Å²) in [6.45, 7) is 7.20. The van der Waals surface area contributed by atoms with Crippen LogP contribution in [0.3, 0.4) is 0 Å². The molecule has 0 unspecified atom stereocenters. The average molecular weight is 255 g/mol. The highest BCUT2D eigenvalue weighted by Gasteiger charge is 2.18. The fourth-order valence-corrected chi connectivity index (χ4v) is 1.12. The summed E-state index contributed by atoms with van der Waals surface area (Å²) < 4.78 is 14.9. The summed E-state index contributed by atoms with van der Waals surface area (Å²) >= 11 is 0. The minimum atomic E-state index is -0.646. The van der Waals surface area contributed by atoms with Crippen molar-refractivity contribution in [3.63, 3.8) is 0 Å². The van der Waals surface area contributed by atoms with Gasteiger partial charge in [-0.05, 0) is 33.8 Å². The molecule has 0 aliphatic rings. The summed E-state index contributed by atoms with van der Waals surface area (Å²) in [5.41, 5.74) is -0.597. The minimum Gasteiger partial charge on any atom is -0.460 e. The maximum atomic E-state index is 11.4. The summed E-state index contributed by atoms with van der Waals surface area (Å²) in [5, 5.41) is 2.38. The maximum absolute atomic E-state index is 11.4. The predicted molar refractivity (Wildman–Crippen MR) is 64.5 cm³/mol. The third-order valence-corrected chi connectivity index (χ3v) is 1.71. The van der Waals surface area contributed by atoms with Crippen LogP contribution < -0.4 is 5.32 Å². The SMILES string of the molecule is CCOC(=O)c1ccc(NC(=O)OC(C)(C)C)o1. The molecule has 1 amide bonds. The quantitative estimate of drug-likeness (QED) is 0.840. The van der Waals surface area contributed by atoms with Gasteiger partial charge in [-0.2, -0.15) is 0 Å². The highest BCUT2D eigenvalue weighted by Crippen LogP contribution is 2.16. The van der Waals surface area contributed by atoms with Crippen LogP contribution in [-0.4, -0.2) is 24.3 Å². The Kier molecular flexibility index (Phi) is 4.36. The zero-order valence-electron chi connectivity index (χ0n) is 10.9. The molecule has 1 aromatic heterocycles. The van der Waals surface area contributed by atoms with Gasteiger partial charge in [-0.3, -0.25) is 5.32 Å². The van der Waals surface area contributed by atoms with Crippen LogP contribution >= 0.6 is 0 Å². The normalized spacial score (nSPS) is 10.9. The molecule has 0 fully saturated rings. The smallest absolute Gasteiger partial charge is 0.414 e. The zero-order valence-corrected chi connectivity index (χ0v) is 10.9. The summed E-state index contributed by atoms with van der Waals surface area (Å²) in [6.07, 6.45) is -0.646. The van der Waals surface area contributed by atoms with Gasteiger partial charge in [-0.25, -0.2) is 9.59 Å². The van der Waals surface area contributed by atoms with Gasteiger partial charge < -0.3 is 13.9 Å². The van der Waals surface area contributed by atoms with Gasteiger partial charge in [-0.15, -0.1) is 0 Å². The van der Waals surface area contributed by atoms with Crippen molar-refractivity contribution in [1.29, 1.82) is 0 Å². The van der Waals surface area contributed by atoms with E-state index >= 15 is 0 Å². The summed E-state index contributed by atoms with van der Waals surface area (Å²) in [7, 11) is 0. The highest BCUT2D eigenvalue weighted by atomic mass is 16.6. The van der Waals surface area contributed by atoms with E-state index in [1.807, 2.05) is 0 Å². The van der Waals surface area contributed by atoms with E-state index in [9.17, 15) is 9.59 Å². The van der Waals surface area contributed by atoms with Crippen molar-refractivity contribution in [2.75, 3.05) is 11.9 Å². The molecule has 1 aromatic rings. The van der Waals surface area contributed by atoms with Crippen LogP contribution in [0, 0.1) is 0 Å². The molecule has 1 N–H and O–H groups in total. The largest absolute Gasteiger partial charge is 0.460 e. The first-order valence-corrected chi connectivity index (χ1v) is 5.59. The van der Waals surface area contributed by atoms with Gasteiger partial charge in [0, 0.05) is 6.07 Å². The van der Waals surface area contributed by atoms with E-state index in [1.165, 1.54) is 12.1 Å². The summed E-state index contributed by atoms with van der Waals surface area (Å²) in [4.78, 5) is 22.7. The second-order valence-corrected chi connectivity index (χ2v) is 4.51. The molecular weight excluding hydrogens is 238 g/mol. The van der Waals surface area contributed by atoms with Crippen molar-refractivity contribution in [3.8, 4) is 0 Å². The molecule has 6 nitrogen and oxygen atoms in total. The van der Waals surface area contributed by atoms with Crippen LogP contribution in [0.25, 0.3) is 0 Å². The monoisotopic (exact) mass is 255 g/mol. The fraction of sp³-hybridized carbons (Fsp3) is 0.500. The molecule has 0 aliphatic carbocycles. The van der Waals surface area contributed by atoms with Crippen molar-refractivity contribution >= 4 is 17.9 Å². The molecule has 1 rings (SSSR count). The van der Waals surface area contributed by atoms with Crippen molar-refractivity contribution in [3.05, 3.63) is 17.9 Å². The molecule has 0 radical (unpaired) electrons. The molecule has 0 bridgehead atoms. The van der Waals surface area contributed by atoms with Crippen molar-refractivity contribution < 1.29 is 23.5 Å². The topological polar surface area (TPSA) is 77.8 Å². The Labute approximate surface area is 105 Å². The van der Waals surface area contributed by atoms with E-state index in [0.717, 1.165) is 0 Å². The van der Waals surface area contributed by atoms with Gasteiger partial charge >= 0.3 is 12.1 Å². The minimum absolute atomic E-state index is 0.0305. The number of rotatable bonds is 3. The first-order valence-electron chi connectivity index (χ1n) is 5.59. The van der Waals surface area contributed by atoms with Gasteiger partial charge in [0.2, 0.25) is 11.6 Å². The third-order valence-electron chi connectivity index (χ3n) is 1.71. The van der Waals surface area contributed by atoms with Crippen LogP contribution in [0.1, 0.15) is 38.2 Å². The number of esters is 1. The standard InChI is InChI=1S/C12H17NO5/c1-5-16-10(14)8-6-7-9(17-8)13-11(15)18-12(2,3)4/h6-7H,5H2,1-4H3,(H,13,15). The number of hydrogen-bond donors (Lipinski definition) is 1. The Morgan fingerprint density at radius 1 is 1.33 bits per heavy atom. The Bertz CT molecular complexity index is 430. The van der Waals surface area contributed by atoms with Crippen LogP contribution in [0.4, 0.5) is 10.7 Å². The zero-order chi connectivity index (χ0) is 13.8. The number of carbonyl (C=O) groups excluding carboxylic acids is 2. The first-order chi connectivity index (χ1) is 8.31. The van der Waals surface area contributed by atoms with Gasteiger partial charge in [0.05, 0.1) is 6.61 Å². The van der Waals surface area contributed by atoms with Crippen LogP contribution in [0.5, 0.6) is 0 Å². The lowest BCUT2D eigenvalue weighted by Gasteiger charge is -2.18. The molecule has 0 aliphatic heterocycles. The molecule has 0 saturated heterocycles. The molecule has 6 heteroatoms. The van der Waals surface area contributed by atoms with Crippen LogP contribution in [-0.2, 0) is 9.47 Å². The third kappa shape index (κ3) is 4.48. The number of furan rings is 1. The van der Waals surface area contributed by atoms with Crippen LogP contribution in [0.2, 0.25) is 0 Å². The van der Waals surface area contributed by atoms with E-state index in [2.05, 4.69) is 5.32 Å². The number of nitrogens with one attached hydrogen (secondary N) is 1. The predicted octanol–water partition coefficient (Wildman–Crippen LogP) is 2.80. The Morgan fingerprint density at radius 3 is 2.56 bits per heavy atom. The first kappa shape index (κ1) is 14.1. The Hall–Kier alpha value is -1.98.